The van der Waals surface area contributed by atoms with Gasteiger partial charge in [-0.3, -0.25) is 4.79 Å². The summed E-state index contributed by atoms with van der Waals surface area (Å²) in [5.74, 6) is 1.76. The van der Waals surface area contributed by atoms with Crippen LogP contribution in [0.2, 0.25) is 0 Å². The highest BCUT2D eigenvalue weighted by Gasteiger charge is 2.22. The molecule has 144 valence electrons. The van der Waals surface area contributed by atoms with E-state index >= 15 is 0 Å². The van der Waals surface area contributed by atoms with E-state index in [-0.39, 0.29) is 11.9 Å². The number of fused-ring (bicyclic) bond motifs is 1. The maximum Gasteiger partial charge on any atom is 0.251 e. The average molecular weight is 370 g/mol. The maximum absolute atomic E-state index is 12.7. The lowest BCUT2D eigenvalue weighted by Gasteiger charge is -2.24. The van der Waals surface area contributed by atoms with Crippen molar-refractivity contribution in [3.05, 3.63) is 48.0 Å². The molecule has 1 aliphatic heterocycles. The number of rotatable bonds is 7. The van der Waals surface area contributed by atoms with Crippen LogP contribution in [0.1, 0.15) is 24.2 Å². The van der Waals surface area contributed by atoms with Gasteiger partial charge in [0.25, 0.3) is 5.91 Å². The van der Waals surface area contributed by atoms with Gasteiger partial charge in [0, 0.05) is 23.8 Å². The van der Waals surface area contributed by atoms with E-state index in [1.54, 1.807) is 19.2 Å². The molecular formula is C21H26N2O4. The van der Waals surface area contributed by atoms with Crippen LogP contribution in [0.25, 0.3) is 0 Å². The predicted molar refractivity (Wildman–Crippen MR) is 105 cm³/mol. The van der Waals surface area contributed by atoms with Crippen LogP contribution in [0.5, 0.6) is 17.2 Å². The molecule has 2 aromatic carbocycles. The Kier molecular flexibility index (Phi) is 6.06. The van der Waals surface area contributed by atoms with Gasteiger partial charge in [0.2, 0.25) is 5.75 Å². The summed E-state index contributed by atoms with van der Waals surface area (Å²) in [4.78, 5) is 12.7. The van der Waals surface area contributed by atoms with E-state index in [9.17, 15) is 4.79 Å². The Morgan fingerprint density at radius 3 is 2.59 bits per heavy atom. The third kappa shape index (κ3) is 4.64. The number of anilines is 1. The molecule has 2 N–H and O–H groups in total. The van der Waals surface area contributed by atoms with E-state index in [1.165, 1.54) is 0 Å². The number of ether oxygens (including phenoxy) is 3. The molecule has 3 rings (SSSR count). The van der Waals surface area contributed by atoms with Gasteiger partial charge < -0.3 is 24.8 Å². The van der Waals surface area contributed by atoms with Gasteiger partial charge in [0.1, 0.15) is 13.2 Å². The van der Waals surface area contributed by atoms with Crippen LogP contribution in [0.15, 0.2) is 42.5 Å². The summed E-state index contributed by atoms with van der Waals surface area (Å²) in [5.41, 5.74) is 1.52. The molecule has 0 spiro atoms. The first-order valence-electron chi connectivity index (χ1n) is 9.16. The highest BCUT2D eigenvalue weighted by Crippen LogP contribution is 2.40. The summed E-state index contributed by atoms with van der Waals surface area (Å²) in [7, 11) is 1.55. The number of hydrogen-bond donors (Lipinski definition) is 2. The molecule has 1 heterocycles. The molecule has 0 fully saturated rings. The third-order valence-electron chi connectivity index (χ3n) is 4.50. The standard InChI is InChI=1S/C21H26N2O4/c1-14(2)17(23-16-7-5-4-6-8-16)13-22-21(24)15-11-18(25-3)20-19(12-15)26-9-10-27-20/h4-8,11-12,14,17,23H,9-10,13H2,1-3H3,(H,22,24). The lowest BCUT2D eigenvalue weighted by atomic mass is 10.0. The van der Waals surface area contributed by atoms with Crippen LogP contribution in [-0.4, -0.2) is 38.8 Å². The van der Waals surface area contributed by atoms with Gasteiger partial charge in [0.15, 0.2) is 11.5 Å². The first-order valence-corrected chi connectivity index (χ1v) is 9.16. The van der Waals surface area contributed by atoms with E-state index in [4.69, 9.17) is 14.2 Å². The van der Waals surface area contributed by atoms with Crippen molar-refractivity contribution in [1.29, 1.82) is 0 Å². The normalized spacial score (nSPS) is 13.8. The number of amides is 1. The molecule has 6 nitrogen and oxygen atoms in total. The molecule has 1 amide bonds. The Hall–Kier alpha value is -2.89. The lowest BCUT2D eigenvalue weighted by Crippen LogP contribution is -2.39. The first kappa shape index (κ1) is 18.9. The zero-order valence-corrected chi connectivity index (χ0v) is 16.0. The maximum atomic E-state index is 12.7. The SMILES string of the molecule is COc1cc(C(=O)NCC(Nc2ccccc2)C(C)C)cc2c1OCCO2. The minimum atomic E-state index is -0.175. The Bertz CT molecular complexity index is 760. The van der Waals surface area contributed by atoms with E-state index in [0.717, 1.165) is 5.69 Å². The first-order chi connectivity index (χ1) is 13.1. The van der Waals surface area contributed by atoms with Crippen molar-refractivity contribution in [1.82, 2.24) is 5.32 Å². The molecule has 1 atom stereocenters. The summed E-state index contributed by atoms with van der Waals surface area (Å²) < 4.78 is 16.5. The molecule has 0 bridgehead atoms. The largest absolute Gasteiger partial charge is 0.493 e. The molecule has 27 heavy (non-hydrogen) atoms. The third-order valence-corrected chi connectivity index (χ3v) is 4.50. The summed E-state index contributed by atoms with van der Waals surface area (Å²) in [6.07, 6.45) is 0. The fraction of sp³-hybridized carbons (Fsp3) is 0.381. The molecule has 0 aromatic heterocycles. The molecule has 1 aliphatic rings. The fourth-order valence-corrected chi connectivity index (χ4v) is 2.91. The van der Waals surface area contributed by atoms with Gasteiger partial charge in [0.05, 0.1) is 7.11 Å². The Labute approximate surface area is 159 Å². The van der Waals surface area contributed by atoms with Crippen molar-refractivity contribution in [2.45, 2.75) is 19.9 Å². The molecule has 0 saturated heterocycles. The van der Waals surface area contributed by atoms with Crippen LogP contribution in [0, 0.1) is 5.92 Å². The predicted octanol–water partition coefficient (Wildman–Crippen LogP) is 3.33. The second kappa shape index (κ2) is 8.66. The van der Waals surface area contributed by atoms with Crippen molar-refractivity contribution in [2.24, 2.45) is 5.92 Å². The minimum Gasteiger partial charge on any atom is -0.493 e. The van der Waals surface area contributed by atoms with Gasteiger partial charge in [-0.1, -0.05) is 32.0 Å². The number of methoxy groups -OCH3 is 1. The molecular weight excluding hydrogens is 344 g/mol. The van der Waals surface area contributed by atoms with Crippen molar-refractivity contribution < 1.29 is 19.0 Å². The highest BCUT2D eigenvalue weighted by molar-refractivity contribution is 5.95. The van der Waals surface area contributed by atoms with Crippen LogP contribution >= 0.6 is 0 Å². The number of para-hydroxylation sites is 1. The molecule has 0 saturated carbocycles. The van der Waals surface area contributed by atoms with Crippen molar-refractivity contribution in [3.63, 3.8) is 0 Å². The molecule has 0 aliphatic carbocycles. The van der Waals surface area contributed by atoms with Gasteiger partial charge in [-0.15, -0.1) is 0 Å². The number of carbonyl (C=O) groups excluding carboxylic acids is 1. The molecule has 1 unspecified atom stereocenters. The van der Waals surface area contributed by atoms with Crippen molar-refractivity contribution in [2.75, 3.05) is 32.2 Å². The summed E-state index contributed by atoms with van der Waals surface area (Å²) in [6.45, 7) is 5.68. The van der Waals surface area contributed by atoms with Gasteiger partial charge in [-0.2, -0.15) is 0 Å². The van der Waals surface area contributed by atoms with E-state index in [2.05, 4.69) is 24.5 Å². The zero-order valence-electron chi connectivity index (χ0n) is 16.0. The monoisotopic (exact) mass is 370 g/mol. The Morgan fingerprint density at radius 2 is 1.89 bits per heavy atom. The smallest absolute Gasteiger partial charge is 0.251 e. The second-order valence-corrected chi connectivity index (χ2v) is 6.77. The molecule has 2 aromatic rings. The molecule has 0 radical (unpaired) electrons. The summed E-state index contributed by atoms with van der Waals surface area (Å²) >= 11 is 0. The van der Waals surface area contributed by atoms with Crippen LogP contribution in [0.3, 0.4) is 0 Å². The Morgan fingerprint density at radius 1 is 1.15 bits per heavy atom. The van der Waals surface area contributed by atoms with E-state index in [1.807, 2.05) is 30.3 Å². The van der Waals surface area contributed by atoms with Gasteiger partial charge in [-0.25, -0.2) is 0 Å². The number of carbonyl (C=O) groups is 1. The van der Waals surface area contributed by atoms with Gasteiger partial charge in [-0.05, 0) is 30.2 Å². The zero-order chi connectivity index (χ0) is 19.2. The number of hydrogen-bond acceptors (Lipinski definition) is 5. The second-order valence-electron chi connectivity index (χ2n) is 6.77. The fourth-order valence-electron chi connectivity index (χ4n) is 2.91. The number of benzene rings is 2. The molecule has 6 heteroatoms. The number of nitrogens with one attached hydrogen (secondary N) is 2. The van der Waals surface area contributed by atoms with Crippen LogP contribution in [-0.2, 0) is 0 Å². The van der Waals surface area contributed by atoms with Crippen LogP contribution < -0.4 is 24.8 Å². The highest BCUT2D eigenvalue weighted by atomic mass is 16.6. The van der Waals surface area contributed by atoms with Crippen molar-refractivity contribution in [3.8, 4) is 17.2 Å². The summed E-state index contributed by atoms with van der Waals surface area (Å²) in [6, 6.07) is 13.5. The van der Waals surface area contributed by atoms with E-state index in [0.29, 0.717) is 48.5 Å². The summed E-state index contributed by atoms with van der Waals surface area (Å²) in [5, 5.41) is 6.48. The van der Waals surface area contributed by atoms with Crippen LogP contribution in [0.4, 0.5) is 5.69 Å². The lowest BCUT2D eigenvalue weighted by molar-refractivity contribution is 0.0948. The Balaban J connectivity index is 1.69. The van der Waals surface area contributed by atoms with Gasteiger partial charge >= 0.3 is 0 Å². The average Bonchev–Trinajstić information content (AvgIpc) is 2.70. The van der Waals surface area contributed by atoms with E-state index < -0.39 is 0 Å². The quantitative estimate of drug-likeness (QED) is 0.782. The minimum absolute atomic E-state index is 0.107. The van der Waals surface area contributed by atoms with Crippen molar-refractivity contribution >= 4 is 11.6 Å². The topological polar surface area (TPSA) is 68.8 Å².